The molecular weight excluding hydrogens is 338 g/mol. The van der Waals surface area contributed by atoms with Gasteiger partial charge in [0.15, 0.2) is 0 Å². The maximum Gasteiger partial charge on any atom is 0.253 e. The van der Waals surface area contributed by atoms with Crippen molar-refractivity contribution < 1.29 is 9.59 Å². The third kappa shape index (κ3) is 4.95. The predicted molar refractivity (Wildman–Crippen MR) is 107 cm³/mol. The number of nitrogens with one attached hydrogen (secondary N) is 2. The van der Waals surface area contributed by atoms with Gasteiger partial charge in [-0.1, -0.05) is 48.9 Å². The van der Waals surface area contributed by atoms with Gasteiger partial charge < -0.3 is 16.4 Å². The number of carbonyl (C=O) groups excluding carboxylic acids is 2. The molecule has 1 aliphatic rings. The number of benzene rings is 2. The van der Waals surface area contributed by atoms with E-state index in [2.05, 4.69) is 10.6 Å². The lowest BCUT2D eigenvalue weighted by atomic mass is 9.99. The van der Waals surface area contributed by atoms with E-state index in [4.69, 9.17) is 5.73 Å². The monoisotopic (exact) mass is 365 g/mol. The minimum atomic E-state index is -0.208. The summed E-state index contributed by atoms with van der Waals surface area (Å²) in [5.74, 6) is -0.0716. The molecule has 1 aliphatic carbocycles. The molecule has 0 radical (unpaired) electrons. The molecule has 2 amide bonds. The van der Waals surface area contributed by atoms with Gasteiger partial charge in [0.05, 0.1) is 17.3 Å². The van der Waals surface area contributed by atoms with E-state index in [9.17, 15) is 9.59 Å². The molecule has 2 aromatic rings. The van der Waals surface area contributed by atoms with Crippen molar-refractivity contribution in [2.45, 2.75) is 44.7 Å². The Kier molecular flexibility index (Phi) is 6.24. The molecule has 0 aliphatic heterocycles. The van der Waals surface area contributed by atoms with Gasteiger partial charge in [-0.2, -0.15) is 0 Å². The average molecular weight is 365 g/mol. The molecule has 4 N–H and O–H groups in total. The Bertz CT molecular complexity index is 791. The van der Waals surface area contributed by atoms with Gasteiger partial charge in [0.1, 0.15) is 0 Å². The fourth-order valence-corrected chi connectivity index (χ4v) is 3.65. The first-order chi connectivity index (χ1) is 13.0. The first-order valence-corrected chi connectivity index (χ1v) is 9.55. The summed E-state index contributed by atoms with van der Waals surface area (Å²) in [4.78, 5) is 25.2. The smallest absolute Gasteiger partial charge is 0.253 e. The summed E-state index contributed by atoms with van der Waals surface area (Å²) in [7, 11) is 0. The van der Waals surface area contributed by atoms with Crippen molar-refractivity contribution in [2.75, 3.05) is 5.32 Å². The first kappa shape index (κ1) is 19.1. The van der Waals surface area contributed by atoms with Crippen LogP contribution in [0.25, 0.3) is 0 Å². The second-order valence-corrected chi connectivity index (χ2v) is 7.26. The van der Waals surface area contributed by atoms with Gasteiger partial charge in [-0.3, -0.25) is 9.59 Å². The van der Waals surface area contributed by atoms with Crippen molar-refractivity contribution in [3.8, 4) is 0 Å². The number of hydrogen-bond donors (Lipinski definition) is 3. The normalized spacial score (nSPS) is 20.1. The summed E-state index contributed by atoms with van der Waals surface area (Å²) in [6.45, 7) is 1.94. The van der Waals surface area contributed by atoms with E-state index in [-0.39, 0.29) is 29.8 Å². The van der Waals surface area contributed by atoms with Crippen LogP contribution in [-0.4, -0.2) is 17.9 Å². The van der Waals surface area contributed by atoms with E-state index in [1.165, 1.54) is 0 Å². The zero-order valence-electron chi connectivity index (χ0n) is 15.7. The molecule has 1 saturated carbocycles. The van der Waals surface area contributed by atoms with Crippen LogP contribution >= 0.6 is 0 Å². The molecule has 3 rings (SSSR count). The molecule has 0 bridgehead atoms. The van der Waals surface area contributed by atoms with Gasteiger partial charge in [-0.25, -0.2) is 0 Å². The lowest BCUT2D eigenvalue weighted by molar-refractivity contribution is -0.117. The Morgan fingerprint density at radius 3 is 2.48 bits per heavy atom. The Morgan fingerprint density at radius 1 is 1.07 bits per heavy atom. The second kappa shape index (κ2) is 8.82. The zero-order valence-corrected chi connectivity index (χ0v) is 15.7. The molecule has 1 fully saturated rings. The fraction of sp³-hybridized carbons (Fsp3) is 0.364. The highest BCUT2D eigenvalue weighted by atomic mass is 16.2. The van der Waals surface area contributed by atoms with Crippen LogP contribution in [0.3, 0.4) is 0 Å². The van der Waals surface area contributed by atoms with Gasteiger partial charge in [0.2, 0.25) is 5.91 Å². The third-order valence-electron chi connectivity index (χ3n) is 5.26. The molecule has 0 saturated heterocycles. The lowest BCUT2D eigenvalue weighted by Gasteiger charge is -2.18. The zero-order chi connectivity index (χ0) is 19.2. The highest BCUT2D eigenvalue weighted by molar-refractivity contribution is 6.03. The Hall–Kier alpha value is -2.66. The van der Waals surface area contributed by atoms with Crippen molar-refractivity contribution in [2.24, 2.45) is 11.7 Å². The number of amides is 2. The molecule has 0 heterocycles. The molecule has 2 aromatic carbocycles. The van der Waals surface area contributed by atoms with Gasteiger partial charge >= 0.3 is 0 Å². The van der Waals surface area contributed by atoms with E-state index < -0.39 is 0 Å². The maximum atomic E-state index is 12.7. The standard InChI is InChI=1S/C22H27N3O2/c1-15(16-8-3-2-4-9-16)24-22(27)18-11-5-6-13-20(18)25-21(26)14-17-10-7-12-19(17)23/h2-6,8-9,11,13,15,17,19H,7,10,12,14,23H2,1H3,(H,24,27)(H,25,26)/t15?,17-,19+/m0/s1. The van der Waals surface area contributed by atoms with Crippen molar-refractivity contribution in [3.63, 3.8) is 0 Å². The number of para-hydroxylation sites is 1. The Balaban J connectivity index is 1.66. The number of carbonyl (C=O) groups is 2. The summed E-state index contributed by atoms with van der Waals surface area (Å²) in [5.41, 5.74) is 8.09. The van der Waals surface area contributed by atoms with Crippen LogP contribution in [0.2, 0.25) is 0 Å². The summed E-state index contributed by atoms with van der Waals surface area (Å²) < 4.78 is 0. The minimum absolute atomic E-state index is 0.0892. The highest BCUT2D eigenvalue weighted by Crippen LogP contribution is 2.27. The fourth-order valence-electron chi connectivity index (χ4n) is 3.65. The quantitative estimate of drug-likeness (QED) is 0.731. The van der Waals surface area contributed by atoms with Crippen LogP contribution in [-0.2, 0) is 4.79 Å². The lowest BCUT2D eigenvalue weighted by Crippen LogP contribution is -2.30. The van der Waals surface area contributed by atoms with Crippen LogP contribution in [0.5, 0.6) is 0 Å². The molecule has 3 atom stereocenters. The molecule has 27 heavy (non-hydrogen) atoms. The van der Waals surface area contributed by atoms with Crippen LogP contribution < -0.4 is 16.4 Å². The minimum Gasteiger partial charge on any atom is -0.345 e. The van der Waals surface area contributed by atoms with Crippen LogP contribution in [0, 0.1) is 5.92 Å². The molecule has 5 nitrogen and oxygen atoms in total. The molecule has 5 heteroatoms. The average Bonchev–Trinajstić information content (AvgIpc) is 3.07. The Labute approximate surface area is 160 Å². The SMILES string of the molecule is CC(NC(=O)c1ccccc1NC(=O)C[C@@H]1CCC[C@H]1N)c1ccccc1. The van der Waals surface area contributed by atoms with Crippen molar-refractivity contribution in [3.05, 3.63) is 65.7 Å². The van der Waals surface area contributed by atoms with Gasteiger partial charge in [-0.05, 0) is 43.4 Å². The molecular formula is C22H27N3O2. The predicted octanol–water partition coefficient (Wildman–Crippen LogP) is 3.63. The van der Waals surface area contributed by atoms with Gasteiger partial charge in [-0.15, -0.1) is 0 Å². The summed E-state index contributed by atoms with van der Waals surface area (Å²) in [6.07, 6.45) is 3.45. The van der Waals surface area contributed by atoms with E-state index >= 15 is 0 Å². The van der Waals surface area contributed by atoms with Crippen molar-refractivity contribution >= 4 is 17.5 Å². The van der Waals surface area contributed by atoms with Gasteiger partial charge in [0, 0.05) is 12.5 Å². The number of anilines is 1. The number of rotatable bonds is 6. The summed E-state index contributed by atoms with van der Waals surface area (Å²) >= 11 is 0. The molecule has 142 valence electrons. The van der Waals surface area contributed by atoms with Crippen molar-refractivity contribution in [1.82, 2.24) is 5.32 Å². The van der Waals surface area contributed by atoms with E-state index in [1.807, 2.05) is 43.3 Å². The molecule has 1 unspecified atom stereocenters. The van der Waals surface area contributed by atoms with Crippen LogP contribution in [0.15, 0.2) is 54.6 Å². The topological polar surface area (TPSA) is 84.2 Å². The number of nitrogens with two attached hydrogens (primary N) is 1. The molecule has 0 spiro atoms. The summed E-state index contributed by atoms with van der Waals surface area (Å²) in [6, 6.07) is 16.9. The van der Waals surface area contributed by atoms with E-state index in [0.717, 1.165) is 24.8 Å². The van der Waals surface area contributed by atoms with E-state index in [0.29, 0.717) is 17.7 Å². The van der Waals surface area contributed by atoms with Crippen LogP contribution in [0.1, 0.15) is 54.6 Å². The van der Waals surface area contributed by atoms with Crippen LogP contribution in [0.4, 0.5) is 5.69 Å². The third-order valence-corrected chi connectivity index (χ3v) is 5.26. The highest BCUT2D eigenvalue weighted by Gasteiger charge is 2.26. The van der Waals surface area contributed by atoms with Gasteiger partial charge in [0.25, 0.3) is 5.91 Å². The largest absolute Gasteiger partial charge is 0.345 e. The molecule has 0 aromatic heterocycles. The Morgan fingerprint density at radius 2 is 1.78 bits per heavy atom. The van der Waals surface area contributed by atoms with Crippen molar-refractivity contribution in [1.29, 1.82) is 0 Å². The van der Waals surface area contributed by atoms with E-state index in [1.54, 1.807) is 18.2 Å². The maximum absolute atomic E-state index is 12.7. The number of hydrogen-bond acceptors (Lipinski definition) is 3. The summed E-state index contributed by atoms with van der Waals surface area (Å²) in [5, 5.41) is 5.89. The second-order valence-electron chi connectivity index (χ2n) is 7.26. The first-order valence-electron chi connectivity index (χ1n) is 9.55.